The van der Waals surface area contributed by atoms with Crippen molar-refractivity contribution in [3.8, 4) is 0 Å². The van der Waals surface area contributed by atoms with E-state index >= 15 is 0 Å². The molecule has 1 aromatic heterocycles. The van der Waals surface area contributed by atoms with Crippen LogP contribution in [0.25, 0.3) is 0 Å². The number of aromatic nitrogens is 1. The summed E-state index contributed by atoms with van der Waals surface area (Å²) >= 11 is 1.37. The van der Waals surface area contributed by atoms with E-state index in [-0.39, 0.29) is 5.91 Å². The van der Waals surface area contributed by atoms with Gasteiger partial charge < -0.3 is 15.5 Å². The van der Waals surface area contributed by atoms with Crippen molar-refractivity contribution in [1.82, 2.24) is 25.4 Å². The summed E-state index contributed by atoms with van der Waals surface area (Å²) in [6, 6.07) is 10.6. The highest BCUT2D eigenvalue weighted by Crippen LogP contribution is 2.11. The van der Waals surface area contributed by atoms with Crippen molar-refractivity contribution in [3.05, 3.63) is 52.0 Å². The maximum absolute atomic E-state index is 12.2. The van der Waals surface area contributed by atoms with E-state index in [4.69, 9.17) is 4.99 Å². The zero-order valence-electron chi connectivity index (χ0n) is 17.2. The number of carbonyl (C=O) groups excluding carboxylic acids is 1. The molecule has 1 aliphatic heterocycles. The quantitative estimate of drug-likeness (QED) is 0.412. The molecule has 29 heavy (non-hydrogen) atoms. The Labute approximate surface area is 176 Å². The lowest BCUT2D eigenvalue weighted by Crippen LogP contribution is -2.52. The van der Waals surface area contributed by atoms with Crippen LogP contribution in [0, 0.1) is 6.92 Å². The fourth-order valence-corrected chi connectivity index (χ4v) is 4.04. The van der Waals surface area contributed by atoms with Gasteiger partial charge in [0.25, 0.3) is 5.91 Å². The molecule has 0 aliphatic carbocycles. The zero-order chi connectivity index (χ0) is 20.5. The highest BCUT2D eigenvalue weighted by molar-refractivity contribution is 7.11. The fourth-order valence-electron chi connectivity index (χ4n) is 3.32. The van der Waals surface area contributed by atoms with Crippen LogP contribution in [0.3, 0.4) is 0 Å². The molecule has 2 aromatic rings. The smallest absolute Gasteiger partial charge is 0.263 e. The Morgan fingerprint density at radius 1 is 1.17 bits per heavy atom. The lowest BCUT2D eigenvalue weighted by atomic mass is 10.2. The van der Waals surface area contributed by atoms with Crippen molar-refractivity contribution < 1.29 is 4.79 Å². The maximum Gasteiger partial charge on any atom is 0.263 e. The van der Waals surface area contributed by atoms with Gasteiger partial charge in [0.15, 0.2) is 5.96 Å². The van der Waals surface area contributed by atoms with Crippen LogP contribution in [0.1, 0.15) is 27.9 Å². The molecule has 156 valence electrons. The second-order valence-electron chi connectivity index (χ2n) is 7.01. The third-order valence-electron chi connectivity index (χ3n) is 4.87. The second kappa shape index (κ2) is 10.9. The molecular weight excluding hydrogens is 384 g/mol. The molecule has 1 aliphatic rings. The zero-order valence-corrected chi connectivity index (χ0v) is 18.0. The molecule has 7 nitrogen and oxygen atoms in total. The van der Waals surface area contributed by atoms with Crippen LogP contribution in [0.4, 0.5) is 0 Å². The van der Waals surface area contributed by atoms with Gasteiger partial charge in [-0.3, -0.25) is 14.7 Å². The Kier molecular flexibility index (Phi) is 8.01. The molecule has 1 amide bonds. The summed E-state index contributed by atoms with van der Waals surface area (Å²) in [6.45, 7) is 10.7. The largest absolute Gasteiger partial charge is 0.357 e. The van der Waals surface area contributed by atoms with Crippen LogP contribution in [0.2, 0.25) is 0 Å². The summed E-state index contributed by atoms with van der Waals surface area (Å²) in [5.41, 5.74) is 3.83. The van der Waals surface area contributed by atoms with Crippen molar-refractivity contribution >= 4 is 23.2 Å². The van der Waals surface area contributed by atoms with Gasteiger partial charge in [-0.25, -0.2) is 4.98 Å². The number of benzene rings is 1. The summed E-state index contributed by atoms with van der Waals surface area (Å²) in [7, 11) is 0. The first-order valence-electron chi connectivity index (χ1n) is 10.1. The van der Waals surface area contributed by atoms with Gasteiger partial charge in [0.1, 0.15) is 4.88 Å². The molecule has 0 unspecified atom stereocenters. The van der Waals surface area contributed by atoms with Crippen molar-refractivity contribution in [2.75, 3.05) is 45.8 Å². The third-order valence-corrected chi connectivity index (χ3v) is 5.79. The number of rotatable bonds is 7. The monoisotopic (exact) mass is 414 g/mol. The first-order valence-corrected chi connectivity index (χ1v) is 11.0. The summed E-state index contributed by atoms with van der Waals surface area (Å²) in [6.07, 6.45) is 0. The second-order valence-corrected chi connectivity index (χ2v) is 7.86. The number of carbonyl (C=O) groups is 1. The Balaban J connectivity index is 1.45. The number of nitrogens with zero attached hydrogens (tertiary/aromatic N) is 4. The van der Waals surface area contributed by atoms with E-state index in [2.05, 4.69) is 62.7 Å². The molecular formula is C21H30N6OS. The highest BCUT2D eigenvalue weighted by atomic mass is 32.1. The average Bonchev–Trinajstić information content (AvgIpc) is 3.17. The van der Waals surface area contributed by atoms with Gasteiger partial charge >= 0.3 is 0 Å². The Morgan fingerprint density at radius 3 is 2.59 bits per heavy atom. The number of hydrogen-bond donors (Lipinski definition) is 2. The van der Waals surface area contributed by atoms with Crippen molar-refractivity contribution in [1.29, 1.82) is 0 Å². The molecule has 1 saturated heterocycles. The Bertz CT molecular complexity index is 799. The molecule has 8 heteroatoms. The minimum atomic E-state index is -0.0697. The topological polar surface area (TPSA) is 72.9 Å². The Morgan fingerprint density at radius 2 is 1.93 bits per heavy atom. The van der Waals surface area contributed by atoms with Gasteiger partial charge in [0.05, 0.1) is 17.7 Å². The van der Waals surface area contributed by atoms with Crippen LogP contribution >= 0.6 is 11.3 Å². The molecule has 3 rings (SSSR count). The molecule has 1 aromatic carbocycles. The highest BCUT2D eigenvalue weighted by Gasteiger charge is 2.19. The van der Waals surface area contributed by atoms with Crippen molar-refractivity contribution in [3.63, 3.8) is 0 Å². The lowest BCUT2D eigenvalue weighted by Gasteiger charge is -2.36. The minimum absolute atomic E-state index is 0.0697. The average molecular weight is 415 g/mol. The van der Waals surface area contributed by atoms with Gasteiger partial charge in [-0.2, -0.15) is 0 Å². The Hall–Kier alpha value is -2.45. The van der Waals surface area contributed by atoms with Gasteiger partial charge in [0.2, 0.25) is 0 Å². The van der Waals surface area contributed by atoms with Gasteiger partial charge in [0, 0.05) is 45.8 Å². The lowest BCUT2D eigenvalue weighted by molar-refractivity contribution is 0.0958. The van der Waals surface area contributed by atoms with E-state index < -0.39 is 0 Å². The van der Waals surface area contributed by atoms with Crippen LogP contribution in [-0.2, 0) is 6.54 Å². The van der Waals surface area contributed by atoms with Gasteiger partial charge in [-0.05, 0) is 19.4 Å². The van der Waals surface area contributed by atoms with E-state index in [1.165, 1.54) is 16.9 Å². The van der Waals surface area contributed by atoms with E-state index in [0.29, 0.717) is 18.0 Å². The number of nitrogens with one attached hydrogen (secondary N) is 2. The molecule has 1 fully saturated rings. The van der Waals surface area contributed by atoms with E-state index in [1.807, 2.05) is 6.92 Å². The summed E-state index contributed by atoms with van der Waals surface area (Å²) in [5.74, 6) is 0.856. The fraction of sp³-hybridized carbons (Fsp3) is 0.476. The van der Waals surface area contributed by atoms with Crippen LogP contribution < -0.4 is 10.6 Å². The van der Waals surface area contributed by atoms with E-state index in [9.17, 15) is 4.79 Å². The SMILES string of the molecule is CCNC(=NCCNC(=O)c1scnc1C)N1CCN(Cc2ccccc2)CC1. The first kappa shape index (κ1) is 21.3. The number of aliphatic imine (C=N–C) groups is 1. The molecule has 2 heterocycles. The van der Waals surface area contributed by atoms with Crippen LogP contribution in [0.15, 0.2) is 40.8 Å². The van der Waals surface area contributed by atoms with E-state index in [1.54, 1.807) is 5.51 Å². The number of aryl methyl sites for hydroxylation is 1. The molecule has 2 N–H and O–H groups in total. The van der Waals surface area contributed by atoms with Crippen LogP contribution in [0.5, 0.6) is 0 Å². The predicted octanol–water partition coefficient (Wildman–Crippen LogP) is 1.96. The summed E-state index contributed by atoms with van der Waals surface area (Å²) < 4.78 is 0. The van der Waals surface area contributed by atoms with Crippen LogP contribution in [-0.4, -0.2) is 72.5 Å². The van der Waals surface area contributed by atoms with Crippen molar-refractivity contribution in [2.24, 2.45) is 4.99 Å². The third kappa shape index (κ3) is 6.27. The number of hydrogen-bond acceptors (Lipinski definition) is 5. The number of thiazole rings is 1. The van der Waals surface area contributed by atoms with E-state index in [0.717, 1.165) is 50.9 Å². The number of guanidine groups is 1. The van der Waals surface area contributed by atoms with Gasteiger partial charge in [-0.15, -0.1) is 11.3 Å². The first-order chi connectivity index (χ1) is 14.2. The number of piperazine rings is 1. The van der Waals surface area contributed by atoms with Crippen molar-refractivity contribution in [2.45, 2.75) is 20.4 Å². The summed E-state index contributed by atoms with van der Waals surface area (Å²) in [5, 5.41) is 6.31. The predicted molar refractivity (Wildman–Crippen MR) is 118 cm³/mol. The number of amides is 1. The van der Waals surface area contributed by atoms with Gasteiger partial charge in [-0.1, -0.05) is 30.3 Å². The molecule has 0 atom stereocenters. The summed E-state index contributed by atoms with van der Waals surface area (Å²) in [4.78, 5) is 26.5. The normalized spacial score (nSPS) is 15.4. The molecule has 0 spiro atoms. The molecule has 0 radical (unpaired) electrons. The minimum Gasteiger partial charge on any atom is -0.357 e. The molecule has 0 saturated carbocycles. The maximum atomic E-state index is 12.2. The standard InChI is InChI=1S/C21H30N6OS/c1-3-22-21(24-10-9-23-20(28)19-17(2)25-16-29-19)27-13-11-26(12-14-27)15-18-7-5-4-6-8-18/h4-8,16H,3,9-15H2,1-2H3,(H,22,24)(H,23,28). The molecule has 0 bridgehead atoms.